The first-order valence-corrected chi connectivity index (χ1v) is 4.16. The van der Waals surface area contributed by atoms with E-state index in [2.05, 4.69) is 17.0 Å². The molecule has 1 heterocycles. The van der Waals surface area contributed by atoms with Crippen LogP contribution < -0.4 is 11.3 Å². The minimum atomic E-state index is -0.0278. The molecule has 1 aromatic rings. The van der Waals surface area contributed by atoms with E-state index in [-0.39, 0.29) is 6.04 Å². The lowest BCUT2D eigenvalue weighted by Crippen LogP contribution is -2.26. The van der Waals surface area contributed by atoms with Gasteiger partial charge in [-0.1, -0.05) is 6.08 Å². The second-order valence-electron chi connectivity index (χ2n) is 2.17. The highest BCUT2D eigenvalue weighted by Gasteiger charge is 2.06. The van der Waals surface area contributed by atoms with Gasteiger partial charge in [0.25, 0.3) is 0 Å². The largest absolute Gasteiger partial charge is 0.271 e. The molecule has 60 valence electrons. The van der Waals surface area contributed by atoms with Crippen LogP contribution in [0.15, 0.2) is 18.0 Å². The van der Waals surface area contributed by atoms with Crippen molar-refractivity contribution >= 4 is 11.3 Å². The number of hydrazine groups is 1. The van der Waals surface area contributed by atoms with Gasteiger partial charge in [0.2, 0.25) is 0 Å². The zero-order chi connectivity index (χ0) is 8.27. The van der Waals surface area contributed by atoms with Crippen molar-refractivity contribution in [3.63, 3.8) is 0 Å². The molecular weight excluding hydrogens is 158 g/mol. The number of aromatic nitrogens is 1. The van der Waals surface area contributed by atoms with E-state index in [9.17, 15) is 0 Å². The number of hydrogen-bond donors (Lipinski definition) is 2. The predicted molar refractivity (Wildman–Crippen MR) is 47.1 cm³/mol. The van der Waals surface area contributed by atoms with Crippen LogP contribution in [0.3, 0.4) is 0 Å². The third-order valence-electron chi connectivity index (χ3n) is 1.37. The van der Waals surface area contributed by atoms with Crippen LogP contribution in [-0.2, 0) is 0 Å². The Labute approximate surface area is 69.9 Å². The molecule has 0 spiro atoms. The minimum absolute atomic E-state index is 0.0278. The highest BCUT2D eigenvalue weighted by molar-refractivity contribution is 7.09. The fourth-order valence-corrected chi connectivity index (χ4v) is 1.45. The van der Waals surface area contributed by atoms with E-state index in [0.717, 1.165) is 10.7 Å². The van der Waals surface area contributed by atoms with Gasteiger partial charge in [-0.2, -0.15) is 0 Å². The van der Waals surface area contributed by atoms with Crippen LogP contribution in [-0.4, -0.2) is 4.98 Å². The van der Waals surface area contributed by atoms with Gasteiger partial charge in [0.1, 0.15) is 0 Å². The second-order valence-corrected chi connectivity index (χ2v) is 3.23. The number of aryl methyl sites for hydroxylation is 1. The maximum Gasteiger partial charge on any atom is 0.0898 e. The van der Waals surface area contributed by atoms with E-state index < -0.39 is 0 Å². The zero-order valence-electron chi connectivity index (χ0n) is 6.37. The Morgan fingerprint density at radius 1 is 1.91 bits per heavy atom. The van der Waals surface area contributed by atoms with E-state index in [1.807, 2.05) is 12.3 Å². The molecule has 0 saturated carbocycles. The first kappa shape index (κ1) is 8.39. The maximum absolute atomic E-state index is 5.27. The molecule has 1 aromatic heterocycles. The Morgan fingerprint density at radius 3 is 3.00 bits per heavy atom. The van der Waals surface area contributed by atoms with Crippen LogP contribution in [0.4, 0.5) is 0 Å². The standard InChI is InChI=1S/C7H11N3S/c1-3-6(10-8)7-4-11-5(2)9-7/h3-4,6,10H,1,8H2,2H3. The highest BCUT2D eigenvalue weighted by atomic mass is 32.1. The van der Waals surface area contributed by atoms with Crippen LogP contribution in [0.25, 0.3) is 0 Å². The average Bonchev–Trinajstić information content (AvgIpc) is 2.39. The summed E-state index contributed by atoms with van der Waals surface area (Å²) in [4.78, 5) is 4.26. The summed E-state index contributed by atoms with van der Waals surface area (Å²) in [7, 11) is 0. The van der Waals surface area contributed by atoms with Gasteiger partial charge >= 0.3 is 0 Å². The van der Waals surface area contributed by atoms with Crippen molar-refractivity contribution in [2.45, 2.75) is 13.0 Å². The van der Waals surface area contributed by atoms with Gasteiger partial charge in [0.15, 0.2) is 0 Å². The Morgan fingerprint density at radius 2 is 2.64 bits per heavy atom. The summed E-state index contributed by atoms with van der Waals surface area (Å²) in [5, 5.41) is 3.02. The van der Waals surface area contributed by atoms with Crippen LogP contribution in [0.5, 0.6) is 0 Å². The molecule has 11 heavy (non-hydrogen) atoms. The van der Waals surface area contributed by atoms with Crippen molar-refractivity contribution in [2.75, 3.05) is 0 Å². The zero-order valence-corrected chi connectivity index (χ0v) is 7.19. The van der Waals surface area contributed by atoms with Crippen LogP contribution in [0.2, 0.25) is 0 Å². The van der Waals surface area contributed by atoms with Gasteiger partial charge in [-0.15, -0.1) is 17.9 Å². The summed E-state index contributed by atoms with van der Waals surface area (Å²) in [6.07, 6.45) is 1.73. The summed E-state index contributed by atoms with van der Waals surface area (Å²) in [5.74, 6) is 5.27. The van der Waals surface area contributed by atoms with E-state index in [4.69, 9.17) is 5.84 Å². The molecule has 0 aliphatic carbocycles. The molecule has 4 heteroatoms. The van der Waals surface area contributed by atoms with Gasteiger partial charge in [-0.05, 0) is 6.92 Å². The molecule has 0 saturated heterocycles. The third kappa shape index (κ3) is 1.86. The molecule has 0 aliphatic rings. The Balaban J connectivity index is 2.81. The molecule has 0 bridgehead atoms. The normalized spacial score (nSPS) is 12.9. The Bertz CT molecular complexity index is 244. The summed E-state index contributed by atoms with van der Waals surface area (Å²) < 4.78 is 0. The SMILES string of the molecule is C=CC(NN)c1csc(C)n1. The lowest BCUT2D eigenvalue weighted by Gasteiger charge is -2.05. The molecule has 0 aromatic carbocycles. The number of nitrogens with one attached hydrogen (secondary N) is 1. The number of hydrogen-bond acceptors (Lipinski definition) is 4. The average molecular weight is 169 g/mol. The molecule has 3 N–H and O–H groups in total. The topological polar surface area (TPSA) is 50.9 Å². The van der Waals surface area contributed by atoms with Crippen molar-refractivity contribution in [1.29, 1.82) is 0 Å². The third-order valence-corrected chi connectivity index (χ3v) is 2.16. The second kappa shape index (κ2) is 3.61. The molecule has 1 rings (SSSR count). The minimum Gasteiger partial charge on any atom is -0.271 e. The van der Waals surface area contributed by atoms with Gasteiger partial charge in [0.05, 0.1) is 16.7 Å². The van der Waals surface area contributed by atoms with Crippen molar-refractivity contribution in [3.05, 3.63) is 28.7 Å². The fraction of sp³-hybridized carbons (Fsp3) is 0.286. The van der Waals surface area contributed by atoms with Crippen molar-refractivity contribution in [2.24, 2.45) is 5.84 Å². The molecule has 0 amide bonds. The van der Waals surface area contributed by atoms with Crippen molar-refractivity contribution in [3.8, 4) is 0 Å². The van der Waals surface area contributed by atoms with Crippen molar-refractivity contribution < 1.29 is 0 Å². The fourth-order valence-electron chi connectivity index (χ4n) is 0.797. The van der Waals surface area contributed by atoms with Crippen LogP contribution in [0, 0.1) is 6.92 Å². The molecule has 3 nitrogen and oxygen atoms in total. The first-order valence-electron chi connectivity index (χ1n) is 3.28. The van der Waals surface area contributed by atoms with Gasteiger partial charge < -0.3 is 0 Å². The smallest absolute Gasteiger partial charge is 0.0898 e. The van der Waals surface area contributed by atoms with E-state index in [0.29, 0.717) is 0 Å². The van der Waals surface area contributed by atoms with Gasteiger partial charge in [-0.25, -0.2) is 10.4 Å². The lowest BCUT2D eigenvalue weighted by molar-refractivity contribution is 0.642. The highest BCUT2D eigenvalue weighted by Crippen LogP contribution is 2.15. The van der Waals surface area contributed by atoms with Crippen molar-refractivity contribution in [1.82, 2.24) is 10.4 Å². The Kier molecular flexibility index (Phi) is 2.76. The number of nitrogens with two attached hydrogens (primary N) is 1. The molecule has 0 aliphatic heterocycles. The van der Waals surface area contributed by atoms with E-state index >= 15 is 0 Å². The van der Waals surface area contributed by atoms with Crippen LogP contribution in [0.1, 0.15) is 16.7 Å². The lowest BCUT2D eigenvalue weighted by atomic mass is 10.2. The first-order chi connectivity index (χ1) is 5.27. The maximum atomic E-state index is 5.27. The molecule has 1 unspecified atom stereocenters. The quantitative estimate of drug-likeness (QED) is 0.405. The van der Waals surface area contributed by atoms with E-state index in [1.165, 1.54) is 0 Å². The molecule has 0 fully saturated rings. The summed E-state index contributed by atoms with van der Waals surface area (Å²) >= 11 is 1.61. The Hall–Kier alpha value is -0.710. The van der Waals surface area contributed by atoms with E-state index in [1.54, 1.807) is 17.4 Å². The molecule has 0 radical (unpaired) electrons. The number of rotatable bonds is 3. The monoisotopic (exact) mass is 169 g/mol. The molecule has 1 atom stereocenters. The predicted octanol–water partition coefficient (Wildman–Crippen LogP) is 1.14. The summed E-state index contributed by atoms with van der Waals surface area (Å²) in [5.41, 5.74) is 3.54. The summed E-state index contributed by atoms with van der Waals surface area (Å²) in [6, 6.07) is -0.0278. The summed E-state index contributed by atoms with van der Waals surface area (Å²) in [6.45, 7) is 5.60. The van der Waals surface area contributed by atoms with Gasteiger partial charge in [-0.3, -0.25) is 5.84 Å². The molecular formula is C7H11N3S. The van der Waals surface area contributed by atoms with Crippen LogP contribution >= 0.6 is 11.3 Å². The van der Waals surface area contributed by atoms with Gasteiger partial charge in [0, 0.05) is 5.38 Å². The number of nitrogens with zero attached hydrogens (tertiary/aromatic N) is 1. The number of thiazole rings is 1.